The van der Waals surface area contributed by atoms with Crippen molar-refractivity contribution in [3.63, 3.8) is 0 Å². The van der Waals surface area contributed by atoms with Crippen molar-refractivity contribution in [3.05, 3.63) is 75.9 Å². The molecule has 0 saturated carbocycles. The van der Waals surface area contributed by atoms with Crippen LogP contribution in [0.4, 0.5) is 0 Å². The summed E-state index contributed by atoms with van der Waals surface area (Å²) in [4.78, 5) is 28.7. The van der Waals surface area contributed by atoms with Gasteiger partial charge < -0.3 is 19.4 Å². The Labute approximate surface area is 176 Å². The lowest BCUT2D eigenvalue weighted by molar-refractivity contribution is 0.0312. The van der Waals surface area contributed by atoms with Crippen LogP contribution in [0.5, 0.6) is 0 Å². The van der Waals surface area contributed by atoms with Gasteiger partial charge in [0.15, 0.2) is 6.10 Å². The topological polar surface area (TPSA) is 84.3 Å². The van der Waals surface area contributed by atoms with Crippen molar-refractivity contribution in [1.82, 2.24) is 9.55 Å². The van der Waals surface area contributed by atoms with Gasteiger partial charge >= 0.3 is 5.97 Å². The number of aryl methyl sites for hydroxylation is 2. The first-order valence-electron chi connectivity index (χ1n) is 10.00. The van der Waals surface area contributed by atoms with E-state index in [1.807, 2.05) is 54.8 Å². The van der Waals surface area contributed by atoms with Gasteiger partial charge in [-0.05, 0) is 65.3 Å². The molecule has 0 aliphatic heterocycles. The Morgan fingerprint density at radius 1 is 1.07 bits per heavy atom. The highest BCUT2D eigenvalue weighted by molar-refractivity contribution is 6.02. The molecule has 1 aromatic carbocycles. The van der Waals surface area contributed by atoms with Gasteiger partial charge in [-0.2, -0.15) is 0 Å². The van der Waals surface area contributed by atoms with E-state index in [0.29, 0.717) is 22.4 Å². The number of ether oxygens (including phenoxy) is 1. The summed E-state index contributed by atoms with van der Waals surface area (Å²) >= 11 is 0. The fourth-order valence-electron chi connectivity index (χ4n) is 4.07. The van der Waals surface area contributed by atoms with Crippen molar-refractivity contribution in [3.8, 4) is 5.69 Å². The summed E-state index contributed by atoms with van der Waals surface area (Å²) < 4.78 is 7.49. The van der Waals surface area contributed by atoms with Gasteiger partial charge in [-0.3, -0.25) is 4.79 Å². The summed E-state index contributed by atoms with van der Waals surface area (Å²) in [6.45, 7) is 10.6. The number of ketones is 1. The van der Waals surface area contributed by atoms with Crippen molar-refractivity contribution in [1.29, 1.82) is 0 Å². The van der Waals surface area contributed by atoms with Gasteiger partial charge in [0, 0.05) is 33.9 Å². The molecule has 2 aromatic heterocycles. The first-order chi connectivity index (χ1) is 14.1. The molecule has 0 bridgehead atoms. The largest absolute Gasteiger partial charge is 0.450 e. The van der Waals surface area contributed by atoms with Crippen molar-refractivity contribution in [2.24, 2.45) is 0 Å². The molecule has 0 spiro atoms. The molecule has 0 saturated heterocycles. The van der Waals surface area contributed by atoms with E-state index in [1.54, 1.807) is 27.7 Å². The fraction of sp³-hybridized carbons (Fsp3) is 0.333. The summed E-state index contributed by atoms with van der Waals surface area (Å²) in [5.41, 5.74) is 5.51. The third kappa shape index (κ3) is 3.83. The van der Waals surface area contributed by atoms with Crippen molar-refractivity contribution >= 4 is 11.8 Å². The number of aliphatic hydroxyl groups excluding tert-OH is 1. The Hall–Kier alpha value is -3.12. The number of nitrogens with one attached hydrogen (secondary N) is 1. The molecule has 3 aromatic rings. The van der Waals surface area contributed by atoms with Crippen LogP contribution in [-0.2, 0) is 4.74 Å². The molecular weight excluding hydrogens is 380 g/mol. The summed E-state index contributed by atoms with van der Waals surface area (Å²) in [6, 6.07) is 11.6. The Balaban J connectivity index is 1.84. The number of nitrogens with zero attached hydrogens (tertiary/aromatic N) is 1. The number of carbonyl (C=O) groups is 2. The van der Waals surface area contributed by atoms with Crippen LogP contribution in [0.15, 0.2) is 36.4 Å². The fourth-order valence-corrected chi connectivity index (χ4v) is 4.07. The van der Waals surface area contributed by atoms with E-state index in [2.05, 4.69) is 4.98 Å². The molecule has 2 unspecified atom stereocenters. The van der Waals surface area contributed by atoms with E-state index >= 15 is 0 Å². The van der Waals surface area contributed by atoms with Crippen LogP contribution in [0.3, 0.4) is 0 Å². The molecule has 3 rings (SSSR count). The minimum Gasteiger partial charge on any atom is -0.450 e. The van der Waals surface area contributed by atoms with Gasteiger partial charge in [0.1, 0.15) is 5.69 Å². The molecule has 0 fully saturated rings. The maximum absolute atomic E-state index is 13.1. The number of aromatic amines is 1. The van der Waals surface area contributed by atoms with E-state index in [-0.39, 0.29) is 11.5 Å². The van der Waals surface area contributed by atoms with Crippen LogP contribution in [0.25, 0.3) is 5.69 Å². The minimum absolute atomic E-state index is 0.254. The van der Waals surface area contributed by atoms with Crippen molar-refractivity contribution in [2.75, 3.05) is 0 Å². The Kier molecular flexibility index (Phi) is 5.99. The summed E-state index contributed by atoms with van der Waals surface area (Å²) in [6.07, 6.45) is -1.65. The second kappa shape index (κ2) is 8.32. The highest BCUT2D eigenvalue weighted by Crippen LogP contribution is 2.26. The Morgan fingerprint density at radius 2 is 1.70 bits per heavy atom. The molecule has 0 amide bonds. The second-order valence-corrected chi connectivity index (χ2v) is 7.71. The molecular formula is C24H28N2O4. The number of H-pyrrole nitrogens is 1. The maximum atomic E-state index is 13.1. The molecule has 2 N–H and O–H groups in total. The van der Waals surface area contributed by atoms with Gasteiger partial charge in [-0.1, -0.05) is 18.2 Å². The normalized spacial score (nSPS) is 13.2. The maximum Gasteiger partial charge on any atom is 0.355 e. The average molecular weight is 408 g/mol. The monoisotopic (exact) mass is 408 g/mol. The zero-order chi connectivity index (χ0) is 22.2. The van der Waals surface area contributed by atoms with Crippen molar-refractivity contribution in [2.45, 2.75) is 53.8 Å². The van der Waals surface area contributed by atoms with E-state index in [0.717, 1.165) is 17.1 Å². The second-order valence-electron chi connectivity index (χ2n) is 7.71. The van der Waals surface area contributed by atoms with E-state index < -0.39 is 18.2 Å². The first kappa shape index (κ1) is 21.6. The van der Waals surface area contributed by atoms with Crippen LogP contribution in [0.2, 0.25) is 0 Å². The van der Waals surface area contributed by atoms with Crippen LogP contribution in [0.1, 0.15) is 69.0 Å². The summed E-state index contributed by atoms with van der Waals surface area (Å²) in [7, 11) is 0. The number of benzene rings is 1. The van der Waals surface area contributed by atoms with Gasteiger partial charge in [0.05, 0.1) is 6.10 Å². The zero-order valence-corrected chi connectivity index (χ0v) is 18.2. The minimum atomic E-state index is -0.944. The van der Waals surface area contributed by atoms with E-state index in [4.69, 9.17) is 4.74 Å². The summed E-state index contributed by atoms with van der Waals surface area (Å²) in [5, 5.41) is 9.92. The average Bonchev–Trinajstić information content (AvgIpc) is 3.16. The third-order valence-corrected chi connectivity index (χ3v) is 5.48. The van der Waals surface area contributed by atoms with Gasteiger partial charge in [0.25, 0.3) is 0 Å². The van der Waals surface area contributed by atoms with Crippen LogP contribution in [-0.4, -0.2) is 32.5 Å². The van der Waals surface area contributed by atoms with Crippen LogP contribution >= 0.6 is 0 Å². The lowest BCUT2D eigenvalue weighted by Crippen LogP contribution is -2.25. The SMILES string of the molecule is Cc1[nH]c(C(=O)OC(C)C(=O)c2cc(C)n(-c3ccccc3)c2C)c(C)c1C(C)O. The summed E-state index contributed by atoms with van der Waals surface area (Å²) in [5.74, 6) is -0.865. The molecule has 0 aliphatic rings. The predicted octanol–water partition coefficient (Wildman–Crippen LogP) is 4.52. The molecule has 158 valence electrons. The molecule has 30 heavy (non-hydrogen) atoms. The van der Waals surface area contributed by atoms with E-state index in [1.165, 1.54) is 0 Å². The zero-order valence-electron chi connectivity index (χ0n) is 18.2. The molecule has 0 radical (unpaired) electrons. The quantitative estimate of drug-likeness (QED) is 0.464. The molecule has 2 heterocycles. The lowest BCUT2D eigenvalue weighted by Gasteiger charge is -2.13. The number of aromatic nitrogens is 2. The number of aliphatic hydroxyl groups is 1. The van der Waals surface area contributed by atoms with Crippen LogP contribution in [0, 0.1) is 27.7 Å². The number of Topliss-reactive ketones (excluding diaryl/α,β-unsaturated/α-hetero) is 1. The van der Waals surface area contributed by atoms with E-state index in [9.17, 15) is 14.7 Å². The smallest absolute Gasteiger partial charge is 0.355 e. The Morgan fingerprint density at radius 3 is 2.27 bits per heavy atom. The predicted molar refractivity (Wildman–Crippen MR) is 115 cm³/mol. The van der Waals surface area contributed by atoms with Gasteiger partial charge in [0.2, 0.25) is 5.78 Å². The number of carbonyl (C=O) groups excluding carboxylic acids is 2. The molecule has 6 nitrogen and oxygen atoms in total. The number of para-hydroxylation sites is 1. The first-order valence-corrected chi connectivity index (χ1v) is 10.00. The number of hydrogen-bond donors (Lipinski definition) is 2. The van der Waals surface area contributed by atoms with Gasteiger partial charge in [-0.15, -0.1) is 0 Å². The lowest BCUT2D eigenvalue weighted by atomic mass is 10.1. The standard InChI is InChI=1S/C24H28N2O4/c1-13-12-20(16(4)26(13)19-10-8-7-9-11-19)23(28)18(6)30-24(29)22-14(2)21(17(5)27)15(3)25-22/h7-12,17-18,25,27H,1-6H3. The molecule has 0 aliphatic carbocycles. The Bertz CT molecular complexity index is 1090. The van der Waals surface area contributed by atoms with Crippen molar-refractivity contribution < 1.29 is 19.4 Å². The highest BCUT2D eigenvalue weighted by Gasteiger charge is 2.27. The highest BCUT2D eigenvalue weighted by atomic mass is 16.5. The molecule has 2 atom stereocenters. The number of hydrogen-bond acceptors (Lipinski definition) is 4. The third-order valence-electron chi connectivity index (χ3n) is 5.48. The molecule has 6 heteroatoms. The van der Waals surface area contributed by atoms with Crippen LogP contribution < -0.4 is 0 Å². The number of esters is 1. The van der Waals surface area contributed by atoms with Gasteiger partial charge in [-0.25, -0.2) is 4.79 Å². The number of rotatable bonds is 6.